The van der Waals surface area contributed by atoms with E-state index in [-0.39, 0.29) is 0 Å². The van der Waals surface area contributed by atoms with Gasteiger partial charge in [-0.15, -0.1) is 0 Å². The van der Waals surface area contributed by atoms with E-state index < -0.39 is 0 Å². The van der Waals surface area contributed by atoms with Gasteiger partial charge in [-0.3, -0.25) is 0 Å². The van der Waals surface area contributed by atoms with Crippen LogP contribution in [-0.2, 0) is 0 Å². The lowest BCUT2D eigenvalue weighted by atomic mass is 9.91. The second-order valence-corrected chi connectivity index (χ2v) is 6.56. The summed E-state index contributed by atoms with van der Waals surface area (Å²) < 4.78 is 5.00. The molecule has 0 aromatic rings. The van der Waals surface area contributed by atoms with Crippen LogP contribution in [0.3, 0.4) is 0 Å². The predicted octanol–water partition coefficient (Wildman–Crippen LogP) is 2.92. The summed E-state index contributed by atoms with van der Waals surface area (Å²) in [5.41, 5.74) is 0.414. The molecule has 0 spiro atoms. The number of hydrogen-bond donors (Lipinski definition) is 0. The summed E-state index contributed by atoms with van der Waals surface area (Å²) >= 11 is 3.76. The smallest absolute Gasteiger partial charge is 0.0822 e. The van der Waals surface area contributed by atoms with Crippen molar-refractivity contribution in [3.8, 4) is 0 Å². The quantitative estimate of drug-likeness (QED) is 0.692. The molecule has 1 aliphatic heterocycles. The van der Waals surface area contributed by atoms with Crippen molar-refractivity contribution in [3.05, 3.63) is 0 Å². The average molecular weight is 234 g/mol. The van der Waals surface area contributed by atoms with Gasteiger partial charge in [-0.05, 0) is 24.3 Å². The molecule has 4 heteroatoms. The van der Waals surface area contributed by atoms with Gasteiger partial charge < -0.3 is 0 Å². The minimum absolute atomic E-state index is 0.414. The van der Waals surface area contributed by atoms with Crippen LogP contribution >= 0.6 is 23.9 Å². The van der Waals surface area contributed by atoms with E-state index in [1.54, 1.807) is 0 Å². The maximum absolute atomic E-state index is 2.50. The zero-order valence-electron chi connectivity index (χ0n) is 9.91. The monoisotopic (exact) mass is 234 g/mol. The van der Waals surface area contributed by atoms with Crippen molar-refractivity contribution >= 4 is 23.9 Å². The van der Waals surface area contributed by atoms with Crippen molar-refractivity contribution in [2.45, 2.75) is 33.4 Å². The number of hydrogen-bond acceptors (Lipinski definition) is 4. The second kappa shape index (κ2) is 5.10. The van der Waals surface area contributed by atoms with E-state index in [9.17, 15) is 0 Å². The third kappa shape index (κ3) is 3.33. The van der Waals surface area contributed by atoms with Gasteiger partial charge in [-0.25, -0.2) is 8.61 Å². The van der Waals surface area contributed by atoms with Crippen LogP contribution in [0, 0.1) is 5.41 Å². The molecule has 0 aromatic heterocycles. The molecule has 1 heterocycles. The predicted molar refractivity (Wildman–Crippen MR) is 68.3 cm³/mol. The van der Waals surface area contributed by atoms with Crippen LogP contribution in [0.4, 0.5) is 0 Å². The maximum Gasteiger partial charge on any atom is 0.0822 e. The molecule has 14 heavy (non-hydrogen) atoms. The fraction of sp³-hybridized carbons (Fsp3) is 1.00. The second-order valence-electron chi connectivity index (χ2n) is 4.89. The fourth-order valence-corrected chi connectivity index (χ4v) is 3.27. The van der Waals surface area contributed by atoms with Gasteiger partial charge in [0.1, 0.15) is 0 Å². The van der Waals surface area contributed by atoms with E-state index >= 15 is 0 Å². The first-order valence-electron chi connectivity index (χ1n) is 5.09. The standard InChI is InChI=1S/C10H22N2S2/c1-10(2,3)8-9-11(13-4)6-7-12(9)14-5/h9H,6-8H2,1-5H3. The molecule has 0 aromatic carbocycles. The van der Waals surface area contributed by atoms with Crippen LogP contribution in [0.5, 0.6) is 0 Å². The van der Waals surface area contributed by atoms with Crippen molar-refractivity contribution in [1.29, 1.82) is 0 Å². The average Bonchev–Trinajstić information content (AvgIpc) is 2.44. The lowest BCUT2D eigenvalue weighted by Gasteiger charge is -2.32. The zero-order valence-corrected chi connectivity index (χ0v) is 11.5. The Bertz CT molecular complexity index is 167. The maximum atomic E-state index is 2.50. The molecule has 1 aliphatic rings. The molecule has 0 aliphatic carbocycles. The van der Waals surface area contributed by atoms with Gasteiger partial charge in [0.2, 0.25) is 0 Å². The Morgan fingerprint density at radius 2 is 1.50 bits per heavy atom. The molecule has 84 valence electrons. The molecule has 0 atom stereocenters. The lowest BCUT2D eigenvalue weighted by molar-refractivity contribution is 0.217. The Labute approximate surface area is 97.1 Å². The highest BCUT2D eigenvalue weighted by molar-refractivity contribution is 7.97. The van der Waals surface area contributed by atoms with Gasteiger partial charge >= 0.3 is 0 Å². The first-order chi connectivity index (χ1) is 6.48. The van der Waals surface area contributed by atoms with Crippen molar-refractivity contribution < 1.29 is 0 Å². The van der Waals surface area contributed by atoms with Crippen LogP contribution in [0.15, 0.2) is 0 Å². The summed E-state index contributed by atoms with van der Waals surface area (Å²) in [5.74, 6) is 0. The van der Waals surface area contributed by atoms with E-state index in [0.717, 1.165) is 0 Å². The highest BCUT2D eigenvalue weighted by Gasteiger charge is 2.34. The van der Waals surface area contributed by atoms with Gasteiger partial charge in [0, 0.05) is 13.1 Å². The molecular formula is C10H22N2S2. The molecule has 1 saturated heterocycles. The van der Waals surface area contributed by atoms with E-state index in [2.05, 4.69) is 41.9 Å². The molecule has 0 saturated carbocycles. The van der Waals surface area contributed by atoms with Crippen molar-refractivity contribution in [1.82, 2.24) is 8.61 Å². The summed E-state index contributed by atoms with van der Waals surface area (Å²) in [7, 11) is 0. The molecule has 1 fully saturated rings. The van der Waals surface area contributed by atoms with E-state index in [1.807, 2.05) is 23.9 Å². The Balaban J connectivity index is 2.60. The van der Waals surface area contributed by atoms with Crippen molar-refractivity contribution in [2.24, 2.45) is 5.41 Å². The van der Waals surface area contributed by atoms with Crippen LogP contribution in [0.1, 0.15) is 27.2 Å². The zero-order chi connectivity index (χ0) is 10.8. The molecule has 0 radical (unpaired) electrons. The number of nitrogens with zero attached hydrogens (tertiary/aromatic N) is 2. The highest BCUT2D eigenvalue weighted by Crippen LogP contribution is 2.34. The summed E-state index contributed by atoms with van der Waals surface area (Å²) in [6.07, 6.45) is 6.22. The molecule has 2 nitrogen and oxygen atoms in total. The first-order valence-corrected chi connectivity index (χ1v) is 7.46. The minimum Gasteiger partial charge on any atom is -0.232 e. The van der Waals surface area contributed by atoms with Gasteiger partial charge in [-0.1, -0.05) is 44.7 Å². The molecular weight excluding hydrogens is 212 g/mol. The third-order valence-corrected chi connectivity index (χ3v) is 4.26. The van der Waals surface area contributed by atoms with Crippen molar-refractivity contribution in [3.63, 3.8) is 0 Å². The largest absolute Gasteiger partial charge is 0.232 e. The van der Waals surface area contributed by atoms with Gasteiger partial charge in [0.25, 0.3) is 0 Å². The Hall–Kier alpha value is 0.620. The van der Waals surface area contributed by atoms with E-state index in [0.29, 0.717) is 11.6 Å². The lowest BCUT2D eigenvalue weighted by Crippen LogP contribution is -2.35. The van der Waals surface area contributed by atoms with Gasteiger partial charge in [0.05, 0.1) is 6.17 Å². The molecule has 0 bridgehead atoms. The number of rotatable bonds is 3. The van der Waals surface area contributed by atoms with Crippen molar-refractivity contribution in [2.75, 3.05) is 25.6 Å². The van der Waals surface area contributed by atoms with E-state index in [4.69, 9.17) is 0 Å². The Morgan fingerprint density at radius 3 is 1.79 bits per heavy atom. The molecule has 0 amide bonds. The Morgan fingerprint density at radius 1 is 1.07 bits per heavy atom. The minimum atomic E-state index is 0.414. The summed E-state index contributed by atoms with van der Waals surface area (Å²) in [4.78, 5) is 0. The normalized spacial score (nSPS) is 22.1. The Kier molecular flexibility index (Phi) is 4.62. The highest BCUT2D eigenvalue weighted by atomic mass is 32.2. The molecule has 0 N–H and O–H groups in total. The summed E-state index contributed by atoms with van der Waals surface area (Å²) in [6, 6.07) is 0. The van der Waals surface area contributed by atoms with E-state index in [1.165, 1.54) is 19.5 Å². The SMILES string of the molecule is CSN1CCN(SC)C1CC(C)(C)C. The third-order valence-electron chi connectivity index (χ3n) is 2.47. The fourth-order valence-electron chi connectivity index (χ4n) is 1.82. The summed E-state index contributed by atoms with van der Waals surface area (Å²) in [6.45, 7) is 9.36. The van der Waals surface area contributed by atoms with Gasteiger partial charge in [0.15, 0.2) is 0 Å². The topological polar surface area (TPSA) is 6.48 Å². The van der Waals surface area contributed by atoms with Gasteiger partial charge in [-0.2, -0.15) is 0 Å². The molecule has 0 unspecified atom stereocenters. The van der Waals surface area contributed by atoms with Crippen LogP contribution in [-0.4, -0.2) is 40.4 Å². The van der Waals surface area contributed by atoms with Crippen LogP contribution < -0.4 is 0 Å². The van der Waals surface area contributed by atoms with Crippen LogP contribution in [0.25, 0.3) is 0 Å². The van der Waals surface area contributed by atoms with Crippen LogP contribution in [0.2, 0.25) is 0 Å². The first kappa shape index (κ1) is 12.7. The molecule has 1 rings (SSSR count). The summed E-state index contributed by atoms with van der Waals surface area (Å²) in [5, 5.41) is 0.